The maximum Gasteiger partial charge on any atom is 0.225 e. The predicted molar refractivity (Wildman–Crippen MR) is 78.2 cm³/mol. The minimum absolute atomic E-state index is 0.0613. The smallest absolute Gasteiger partial charge is 0.225 e. The highest BCUT2D eigenvalue weighted by Gasteiger charge is 2.07. The van der Waals surface area contributed by atoms with Crippen LogP contribution >= 0.6 is 0 Å². The summed E-state index contributed by atoms with van der Waals surface area (Å²) in [5.74, 6) is -0.0613. The van der Waals surface area contributed by atoms with Gasteiger partial charge in [0.15, 0.2) is 0 Å². The van der Waals surface area contributed by atoms with Crippen molar-refractivity contribution < 1.29 is 9.90 Å². The lowest BCUT2D eigenvalue weighted by Gasteiger charge is -2.19. The van der Waals surface area contributed by atoms with Crippen LogP contribution in [0.25, 0.3) is 0 Å². The van der Waals surface area contributed by atoms with Gasteiger partial charge in [-0.2, -0.15) is 5.26 Å². The van der Waals surface area contributed by atoms with Crippen molar-refractivity contribution >= 4 is 11.6 Å². The summed E-state index contributed by atoms with van der Waals surface area (Å²) in [4.78, 5) is 13.9. The molecule has 0 aliphatic heterocycles. The lowest BCUT2D eigenvalue weighted by Crippen LogP contribution is -2.31. The Morgan fingerprint density at radius 1 is 1.30 bits per heavy atom. The molecule has 1 aromatic rings. The number of amides is 1. The Kier molecular flexibility index (Phi) is 7.33. The number of nitrogens with zero attached hydrogens (tertiary/aromatic N) is 2. The van der Waals surface area contributed by atoms with Crippen LogP contribution in [0.1, 0.15) is 25.3 Å². The molecule has 1 amide bonds. The number of carbonyl (C=O) groups excluding carboxylic acids is 1. The Labute approximate surface area is 119 Å². The minimum atomic E-state index is -0.0613. The topological polar surface area (TPSA) is 76.4 Å². The zero-order valence-electron chi connectivity index (χ0n) is 11.8. The number of rotatable bonds is 8. The fraction of sp³-hybridized carbons (Fsp3) is 0.467. The normalized spacial score (nSPS) is 10.3. The molecule has 0 radical (unpaired) electrons. The molecule has 2 N–H and O–H groups in total. The Balaban J connectivity index is 2.40. The van der Waals surface area contributed by atoms with Gasteiger partial charge in [0.25, 0.3) is 0 Å². The van der Waals surface area contributed by atoms with E-state index in [1.807, 2.05) is 6.07 Å². The molecule has 0 atom stereocenters. The minimum Gasteiger partial charge on any atom is -0.395 e. The molecule has 0 unspecified atom stereocenters. The van der Waals surface area contributed by atoms with Crippen molar-refractivity contribution in [3.05, 3.63) is 29.8 Å². The molecule has 0 saturated carbocycles. The predicted octanol–water partition coefficient (Wildman–Crippen LogP) is 1.59. The van der Waals surface area contributed by atoms with E-state index in [1.165, 1.54) is 0 Å². The van der Waals surface area contributed by atoms with Crippen LogP contribution in [0.4, 0.5) is 5.69 Å². The number of anilines is 1. The van der Waals surface area contributed by atoms with Gasteiger partial charge < -0.3 is 15.3 Å². The van der Waals surface area contributed by atoms with Gasteiger partial charge in [-0.25, -0.2) is 0 Å². The van der Waals surface area contributed by atoms with Crippen molar-refractivity contribution in [2.45, 2.75) is 19.8 Å². The van der Waals surface area contributed by atoms with Crippen LogP contribution in [-0.2, 0) is 4.79 Å². The monoisotopic (exact) mass is 275 g/mol. The van der Waals surface area contributed by atoms with E-state index in [2.05, 4.69) is 17.1 Å². The summed E-state index contributed by atoms with van der Waals surface area (Å²) in [5.41, 5.74) is 1.26. The Bertz CT molecular complexity index is 445. The number of hydrogen-bond acceptors (Lipinski definition) is 4. The highest BCUT2D eigenvalue weighted by atomic mass is 16.3. The van der Waals surface area contributed by atoms with Crippen molar-refractivity contribution in [2.75, 3.05) is 31.6 Å². The van der Waals surface area contributed by atoms with Gasteiger partial charge in [0.05, 0.1) is 18.2 Å². The molecule has 0 aliphatic carbocycles. The van der Waals surface area contributed by atoms with Crippen LogP contribution in [0, 0.1) is 11.3 Å². The zero-order valence-corrected chi connectivity index (χ0v) is 11.8. The lowest BCUT2D eigenvalue weighted by molar-refractivity contribution is -0.116. The number of carbonyl (C=O) groups is 1. The first-order chi connectivity index (χ1) is 9.69. The van der Waals surface area contributed by atoms with Crippen LogP contribution in [-0.4, -0.2) is 42.2 Å². The Morgan fingerprint density at radius 2 is 2.00 bits per heavy atom. The van der Waals surface area contributed by atoms with E-state index in [9.17, 15) is 4.79 Å². The molecule has 0 bridgehead atoms. The highest BCUT2D eigenvalue weighted by molar-refractivity contribution is 5.90. The Morgan fingerprint density at radius 3 is 2.55 bits per heavy atom. The van der Waals surface area contributed by atoms with Gasteiger partial charge in [0.1, 0.15) is 0 Å². The van der Waals surface area contributed by atoms with Gasteiger partial charge in [0, 0.05) is 25.2 Å². The molecule has 0 saturated heterocycles. The first kappa shape index (κ1) is 16.2. The lowest BCUT2D eigenvalue weighted by atomic mass is 10.2. The molecule has 1 rings (SSSR count). The van der Waals surface area contributed by atoms with Crippen LogP contribution in [0.15, 0.2) is 24.3 Å². The highest BCUT2D eigenvalue weighted by Crippen LogP contribution is 2.09. The summed E-state index contributed by atoms with van der Waals surface area (Å²) >= 11 is 0. The van der Waals surface area contributed by atoms with Crippen molar-refractivity contribution in [2.24, 2.45) is 0 Å². The van der Waals surface area contributed by atoms with Crippen LogP contribution in [0.3, 0.4) is 0 Å². The SMILES string of the molecule is CCCN(CCO)CCC(=O)Nc1ccc(C#N)cc1. The van der Waals surface area contributed by atoms with Crippen LogP contribution < -0.4 is 5.32 Å². The quantitative estimate of drug-likeness (QED) is 0.755. The van der Waals surface area contributed by atoms with Crippen molar-refractivity contribution in [3.63, 3.8) is 0 Å². The largest absolute Gasteiger partial charge is 0.395 e. The molecule has 5 nitrogen and oxygen atoms in total. The van der Waals surface area contributed by atoms with E-state index < -0.39 is 0 Å². The fourth-order valence-electron chi connectivity index (χ4n) is 1.90. The van der Waals surface area contributed by atoms with E-state index in [-0.39, 0.29) is 12.5 Å². The molecule has 0 heterocycles. The Hall–Kier alpha value is -1.90. The van der Waals surface area contributed by atoms with Crippen molar-refractivity contribution in [3.8, 4) is 6.07 Å². The third-order valence-corrected chi connectivity index (χ3v) is 2.91. The van der Waals surface area contributed by atoms with E-state index in [4.69, 9.17) is 10.4 Å². The summed E-state index contributed by atoms with van der Waals surface area (Å²) in [6.07, 6.45) is 1.39. The van der Waals surface area contributed by atoms with Gasteiger partial charge in [0.2, 0.25) is 5.91 Å². The number of aliphatic hydroxyl groups is 1. The molecular formula is C15H21N3O2. The molecule has 0 aliphatic rings. The second-order valence-corrected chi connectivity index (χ2v) is 4.55. The second kappa shape index (κ2) is 9.08. The number of benzene rings is 1. The van der Waals surface area contributed by atoms with E-state index in [0.717, 1.165) is 13.0 Å². The van der Waals surface area contributed by atoms with Gasteiger partial charge in [-0.15, -0.1) is 0 Å². The molecule has 0 spiro atoms. The number of nitriles is 1. The maximum atomic E-state index is 11.8. The van der Waals surface area contributed by atoms with Gasteiger partial charge >= 0.3 is 0 Å². The molecule has 0 aromatic heterocycles. The molecule has 1 aromatic carbocycles. The number of nitrogens with one attached hydrogen (secondary N) is 1. The van der Waals surface area contributed by atoms with Crippen molar-refractivity contribution in [1.82, 2.24) is 4.90 Å². The second-order valence-electron chi connectivity index (χ2n) is 4.55. The first-order valence-electron chi connectivity index (χ1n) is 6.82. The summed E-state index contributed by atoms with van der Waals surface area (Å²) in [6.45, 7) is 4.29. The third kappa shape index (κ3) is 5.83. The van der Waals surface area contributed by atoms with Crippen molar-refractivity contribution in [1.29, 1.82) is 5.26 Å². The van der Waals surface area contributed by atoms with Gasteiger partial charge in [-0.3, -0.25) is 4.79 Å². The fourth-order valence-corrected chi connectivity index (χ4v) is 1.90. The molecule has 20 heavy (non-hydrogen) atoms. The average molecular weight is 275 g/mol. The summed E-state index contributed by atoms with van der Waals surface area (Å²) < 4.78 is 0. The number of hydrogen-bond donors (Lipinski definition) is 2. The van der Waals surface area contributed by atoms with Crippen LogP contribution in [0.2, 0.25) is 0 Å². The number of aliphatic hydroxyl groups excluding tert-OH is 1. The first-order valence-corrected chi connectivity index (χ1v) is 6.82. The average Bonchev–Trinajstić information content (AvgIpc) is 2.46. The van der Waals surface area contributed by atoms with E-state index >= 15 is 0 Å². The summed E-state index contributed by atoms with van der Waals surface area (Å²) in [5, 5.41) is 20.4. The van der Waals surface area contributed by atoms with Gasteiger partial charge in [-0.1, -0.05) is 6.92 Å². The zero-order chi connectivity index (χ0) is 14.8. The van der Waals surface area contributed by atoms with Gasteiger partial charge in [-0.05, 0) is 37.2 Å². The van der Waals surface area contributed by atoms with E-state index in [0.29, 0.717) is 30.8 Å². The molecule has 5 heteroatoms. The third-order valence-electron chi connectivity index (χ3n) is 2.91. The molecule has 0 fully saturated rings. The maximum absolute atomic E-state index is 11.8. The van der Waals surface area contributed by atoms with Crippen LogP contribution in [0.5, 0.6) is 0 Å². The summed E-state index contributed by atoms with van der Waals surface area (Å²) in [7, 11) is 0. The molecule has 108 valence electrons. The summed E-state index contributed by atoms with van der Waals surface area (Å²) in [6, 6.07) is 8.81. The van der Waals surface area contributed by atoms with E-state index in [1.54, 1.807) is 24.3 Å². The standard InChI is InChI=1S/C15H21N3O2/c1-2-8-18(10-11-19)9-7-15(20)17-14-5-3-13(12-16)4-6-14/h3-6,19H,2,7-11H2,1H3,(H,17,20). The molecular weight excluding hydrogens is 254 g/mol.